The Bertz CT molecular complexity index is 652. The van der Waals surface area contributed by atoms with E-state index >= 15 is 0 Å². The SMILES string of the molecule is O=C(CC1=C(F)C=CC=CC1)C1CCN(Cc2ccccc2)CC1. The second-order valence-electron chi connectivity index (χ2n) is 6.62. The van der Waals surface area contributed by atoms with Crippen LogP contribution in [0.2, 0.25) is 0 Å². The predicted molar refractivity (Wildman–Crippen MR) is 95.1 cm³/mol. The fraction of sp³-hybridized carbons (Fsp3) is 0.381. The number of rotatable bonds is 5. The topological polar surface area (TPSA) is 20.3 Å². The molecule has 24 heavy (non-hydrogen) atoms. The molecule has 0 radical (unpaired) electrons. The lowest BCUT2D eigenvalue weighted by molar-refractivity contribution is -0.123. The summed E-state index contributed by atoms with van der Waals surface area (Å²) in [7, 11) is 0. The van der Waals surface area contributed by atoms with Crippen molar-refractivity contribution in [2.24, 2.45) is 5.92 Å². The molecule has 3 rings (SSSR count). The Morgan fingerprint density at radius 3 is 2.62 bits per heavy atom. The first-order chi connectivity index (χ1) is 11.7. The number of ketones is 1. The second kappa shape index (κ2) is 8.20. The lowest BCUT2D eigenvalue weighted by Crippen LogP contribution is -2.36. The first-order valence-electron chi connectivity index (χ1n) is 8.72. The summed E-state index contributed by atoms with van der Waals surface area (Å²) in [6.45, 7) is 2.82. The standard InChI is InChI=1S/C21H24FNO/c22-20-10-6-2-5-9-19(20)15-21(24)18-11-13-23(14-12-18)16-17-7-3-1-4-8-17/h1-8,10,18H,9,11-16H2. The van der Waals surface area contributed by atoms with E-state index in [2.05, 4.69) is 29.2 Å². The highest BCUT2D eigenvalue weighted by molar-refractivity contribution is 5.83. The van der Waals surface area contributed by atoms with Gasteiger partial charge in [0.15, 0.2) is 0 Å². The summed E-state index contributed by atoms with van der Waals surface area (Å²) in [5.74, 6) is 0.0339. The third-order valence-electron chi connectivity index (χ3n) is 4.87. The van der Waals surface area contributed by atoms with E-state index in [4.69, 9.17) is 0 Å². The summed E-state index contributed by atoms with van der Waals surface area (Å²) >= 11 is 0. The molecule has 126 valence electrons. The zero-order valence-electron chi connectivity index (χ0n) is 14.0. The molecule has 1 aromatic carbocycles. The molecule has 1 aromatic rings. The van der Waals surface area contributed by atoms with Gasteiger partial charge in [0.1, 0.15) is 11.6 Å². The van der Waals surface area contributed by atoms with Crippen LogP contribution in [-0.2, 0) is 11.3 Å². The highest BCUT2D eigenvalue weighted by atomic mass is 19.1. The number of benzene rings is 1. The molecular formula is C21H24FNO. The summed E-state index contributed by atoms with van der Waals surface area (Å²) in [6, 6.07) is 10.4. The van der Waals surface area contributed by atoms with Crippen molar-refractivity contribution in [1.82, 2.24) is 4.90 Å². The van der Waals surface area contributed by atoms with E-state index in [1.54, 1.807) is 6.08 Å². The number of halogens is 1. The summed E-state index contributed by atoms with van der Waals surface area (Å²) < 4.78 is 13.9. The number of carbonyl (C=O) groups is 1. The number of likely N-dealkylation sites (tertiary alicyclic amines) is 1. The van der Waals surface area contributed by atoms with Gasteiger partial charge in [-0.1, -0.05) is 48.6 Å². The number of hydrogen-bond acceptors (Lipinski definition) is 2. The van der Waals surface area contributed by atoms with Crippen LogP contribution in [0, 0.1) is 5.92 Å². The van der Waals surface area contributed by atoms with Gasteiger partial charge in [0.05, 0.1) is 0 Å². The molecule has 0 saturated carbocycles. The molecule has 1 aliphatic carbocycles. The maximum Gasteiger partial charge on any atom is 0.140 e. The average molecular weight is 325 g/mol. The van der Waals surface area contributed by atoms with Crippen molar-refractivity contribution in [3.05, 3.63) is 71.6 Å². The van der Waals surface area contributed by atoms with E-state index in [9.17, 15) is 9.18 Å². The minimum Gasteiger partial charge on any atom is -0.299 e. The minimum atomic E-state index is -0.241. The van der Waals surface area contributed by atoms with Crippen LogP contribution in [-0.4, -0.2) is 23.8 Å². The van der Waals surface area contributed by atoms with Gasteiger partial charge in [0.2, 0.25) is 0 Å². The van der Waals surface area contributed by atoms with Crippen LogP contribution >= 0.6 is 0 Å². The van der Waals surface area contributed by atoms with Crippen LogP contribution in [0.4, 0.5) is 4.39 Å². The van der Waals surface area contributed by atoms with E-state index in [-0.39, 0.29) is 23.9 Å². The fourth-order valence-corrected chi connectivity index (χ4v) is 3.41. The number of allylic oxidation sites excluding steroid dienone is 6. The Morgan fingerprint density at radius 2 is 1.88 bits per heavy atom. The highest BCUT2D eigenvalue weighted by Gasteiger charge is 2.25. The van der Waals surface area contributed by atoms with Gasteiger partial charge in [-0.15, -0.1) is 0 Å². The van der Waals surface area contributed by atoms with Crippen molar-refractivity contribution >= 4 is 5.78 Å². The van der Waals surface area contributed by atoms with E-state index in [0.29, 0.717) is 12.0 Å². The molecule has 0 amide bonds. The lowest BCUT2D eigenvalue weighted by atomic mass is 9.88. The molecule has 2 nitrogen and oxygen atoms in total. The Hall–Kier alpha value is -2.00. The lowest BCUT2D eigenvalue weighted by Gasteiger charge is -2.31. The van der Waals surface area contributed by atoms with Crippen LogP contribution < -0.4 is 0 Å². The number of carbonyl (C=O) groups excluding carboxylic acids is 1. The van der Waals surface area contributed by atoms with Gasteiger partial charge in [0, 0.05) is 18.9 Å². The quantitative estimate of drug-likeness (QED) is 0.789. The van der Waals surface area contributed by atoms with Gasteiger partial charge in [-0.3, -0.25) is 9.69 Å². The molecule has 0 bridgehead atoms. The number of Topliss-reactive ketones (excluding diaryl/α,β-unsaturated/α-hetero) is 1. The normalized spacial score (nSPS) is 19.5. The molecule has 0 N–H and O–H groups in total. The zero-order chi connectivity index (χ0) is 16.8. The second-order valence-corrected chi connectivity index (χ2v) is 6.62. The summed E-state index contributed by atoms with van der Waals surface area (Å²) in [6.07, 6.45) is 9.44. The summed E-state index contributed by atoms with van der Waals surface area (Å²) in [5.41, 5.74) is 1.93. The van der Waals surface area contributed by atoms with Crippen molar-refractivity contribution in [2.75, 3.05) is 13.1 Å². The van der Waals surface area contributed by atoms with Crippen molar-refractivity contribution in [3.8, 4) is 0 Å². The molecule has 1 aliphatic heterocycles. The van der Waals surface area contributed by atoms with Crippen molar-refractivity contribution in [1.29, 1.82) is 0 Å². The Kier molecular flexibility index (Phi) is 5.76. The van der Waals surface area contributed by atoms with Crippen molar-refractivity contribution in [2.45, 2.75) is 32.2 Å². The van der Waals surface area contributed by atoms with Gasteiger partial charge in [-0.05, 0) is 49.6 Å². The number of piperidine rings is 1. The Labute approximate surface area is 143 Å². The minimum absolute atomic E-state index is 0.0773. The van der Waals surface area contributed by atoms with E-state index in [1.165, 1.54) is 11.6 Å². The van der Waals surface area contributed by atoms with Crippen LogP contribution in [0.3, 0.4) is 0 Å². The summed E-state index contributed by atoms with van der Waals surface area (Å²) in [4.78, 5) is 14.9. The van der Waals surface area contributed by atoms with Crippen LogP contribution in [0.15, 0.2) is 66.0 Å². The molecule has 2 aliphatic rings. The third-order valence-corrected chi connectivity index (χ3v) is 4.87. The van der Waals surface area contributed by atoms with E-state index in [0.717, 1.165) is 32.5 Å². The fourth-order valence-electron chi connectivity index (χ4n) is 3.41. The predicted octanol–water partition coefficient (Wildman–Crippen LogP) is 4.60. The molecular weight excluding hydrogens is 301 g/mol. The van der Waals surface area contributed by atoms with Crippen LogP contribution in [0.5, 0.6) is 0 Å². The van der Waals surface area contributed by atoms with E-state index in [1.807, 2.05) is 18.2 Å². The van der Waals surface area contributed by atoms with Gasteiger partial charge in [0.25, 0.3) is 0 Å². The summed E-state index contributed by atoms with van der Waals surface area (Å²) in [5, 5.41) is 0. The molecule has 3 heteroatoms. The molecule has 1 saturated heterocycles. The molecule has 0 unspecified atom stereocenters. The van der Waals surface area contributed by atoms with Crippen LogP contribution in [0.1, 0.15) is 31.2 Å². The first kappa shape index (κ1) is 16.8. The number of nitrogens with zero attached hydrogens (tertiary/aromatic N) is 1. The maximum atomic E-state index is 13.9. The monoisotopic (exact) mass is 325 g/mol. The Morgan fingerprint density at radius 1 is 1.12 bits per heavy atom. The molecule has 0 atom stereocenters. The third kappa shape index (κ3) is 4.51. The highest BCUT2D eigenvalue weighted by Crippen LogP contribution is 2.26. The largest absolute Gasteiger partial charge is 0.299 e. The van der Waals surface area contributed by atoms with Gasteiger partial charge in [-0.2, -0.15) is 0 Å². The molecule has 1 fully saturated rings. The van der Waals surface area contributed by atoms with Crippen LogP contribution in [0.25, 0.3) is 0 Å². The van der Waals surface area contributed by atoms with Gasteiger partial charge in [-0.25, -0.2) is 4.39 Å². The van der Waals surface area contributed by atoms with Gasteiger partial charge < -0.3 is 0 Å². The number of hydrogen-bond donors (Lipinski definition) is 0. The smallest absolute Gasteiger partial charge is 0.140 e. The van der Waals surface area contributed by atoms with Crippen molar-refractivity contribution in [3.63, 3.8) is 0 Å². The molecule has 0 aromatic heterocycles. The van der Waals surface area contributed by atoms with Crippen molar-refractivity contribution < 1.29 is 9.18 Å². The zero-order valence-corrected chi connectivity index (χ0v) is 14.0. The molecule has 0 spiro atoms. The van der Waals surface area contributed by atoms with Gasteiger partial charge >= 0.3 is 0 Å². The maximum absolute atomic E-state index is 13.9. The first-order valence-corrected chi connectivity index (χ1v) is 8.72. The Balaban J connectivity index is 1.50. The van der Waals surface area contributed by atoms with E-state index < -0.39 is 0 Å². The molecule has 1 heterocycles. The average Bonchev–Trinajstić information content (AvgIpc) is 2.81.